The number of esters is 4. The van der Waals surface area contributed by atoms with Gasteiger partial charge in [-0.15, -0.1) is 0 Å². The van der Waals surface area contributed by atoms with Crippen molar-refractivity contribution < 1.29 is 80.2 Å². The summed E-state index contributed by atoms with van der Waals surface area (Å²) in [7, 11) is -9.92. The summed E-state index contributed by atoms with van der Waals surface area (Å²) in [6.45, 7) is 7.31. The van der Waals surface area contributed by atoms with Gasteiger partial charge in [0.15, 0.2) is 12.2 Å². The van der Waals surface area contributed by atoms with Crippen molar-refractivity contribution in [3.63, 3.8) is 0 Å². The van der Waals surface area contributed by atoms with Gasteiger partial charge in [0.25, 0.3) is 0 Å². The summed E-state index contributed by atoms with van der Waals surface area (Å²) in [5.74, 6) is -1.38. The van der Waals surface area contributed by atoms with Gasteiger partial charge >= 0.3 is 39.5 Å². The third-order valence-electron chi connectivity index (χ3n) is 19.3. The highest BCUT2D eigenvalue weighted by Gasteiger charge is 2.30. The minimum atomic E-state index is -4.96. The number of aliphatic hydroxyl groups is 1. The molecule has 0 fully saturated rings. The van der Waals surface area contributed by atoms with Crippen molar-refractivity contribution >= 4 is 39.5 Å². The van der Waals surface area contributed by atoms with E-state index in [1.807, 2.05) is 0 Å². The molecule has 600 valence electrons. The summed E-state index contributed by atoms with van der Waals surface area (Å²) >= 11 is 0. The zero-order valence-electron chi connectivity index (χ0n) is 66.1. The van der Waals surface area contributed by atoms with E-state index in [-0.39, 0.29) is 25.7 Å². The van der Waals surface area contributed by atoms with Crippen LogP contribution in [0.5, 0.6) is 0 Å². The van der Waals surface area contributed by atoms with Crippen molar-refractivity contribution in [2.75, 3.05) is 39.6 Å². The van der Waals surface area contributed by atoms with Crippen LogP contribution in [0.25, 0.3) is 0 Å². The molecule has 0 heterocycles. The van der Waals surface area contributed by atoms with Crippen LogP contribution in [0.1, 0.15) is 439 Å². The quantitative estimate of drug-likeness (QED) is 0.0222. The molecule has 0 aromatic rings. The second-order valence-corrected chi connectivity index (χ2v) is 32.9. The van der Waals surface area contributed by atoms with Crippen LogP contribution in [-0.2, 0) is 65.4 Å². The van der Waals surface area contributed by atoms with Crippen LogP contribution in [0.2, 0.25) is 0 Å². The number of unbranched alkanes of at least 4 members (excludes halogenated alkanes) is 54. The Balaban J connectivity index is 5.25. The number of rotatable bonds is 82. The Labute approximate surface area is 619 Å². The number of aliphatic hydroxyl groups excluding tert-OH is 1. The van der Waals surface area contributed by atoms with Crippen LogP contribution in [0.3, 0.4) is 0 Å². The van der Waals surface area contributed by atoms with E-state index in [0.29, 0.717) is 25.7 Å². The third kappa shape index (κ3) is 76.1. The maximum atomic E-state index is 13.1. The van der Waals surface area contributed by atoms with Gasteiger partial charge in [0.2, 0.25) is 0 Å². The zero-order chi connectivity index (χ0) is 74.1. The fraction of sp³-hybridized carbons (Fsp3) is 0.951. The smallest absolute Gasteiger partial charge is 0.462 e. The highest BCUT2D eigenvalue weighted by molar-refractivity contribution is 7.47. The predicted molar refractivity (Wildman–Crippen MR) is 414 cm³/mol. The second-order valence-electron chi connectivity index (χ2n) is 30.0. The van der Waals surface area contributed by atoms with E-state index >= 15 is 0 Å². The summed E-state index contributed by atoms with van der Waals surface area (Å²) in [4.78, 5) is 73.1. The second kappa shape index (κ2) is 74.9. The van der Waals surface area contributed by atoms with Gasteiger partial charge in [0, 0.05) is 25.7 Å². The molecule has 19 heteroatoms. The number of hydrogen-bond donors (Lipinski definition) is 3. The van der Waals surface area contributed by atoms with Crippen molar-refractivity contribution in [2.45, 2.75) is 457 Å². The van der Waals surface area contributed by atoms with Gasteiger partial charge in [-0.25, -0.2) is 9.13 Å². The molecule has 0 radical (unpaired) electrons. The summed E-state index contributed by atoms with van der Waals surface area (Å²) in [5.41, 5.74) is 0. The number of carbonyl (C=O) groups excluding carboxylic acids is 4. The summed E-state index contributed by atoms with van der Waals surface area (Å²) in [5, 5.41) is 10.7. The van der Waals surface area contributed by atoms with E-state index in [9.17, 15) is 43.2 Å². The molecular formula is C82H160O17P2. The highest BCUT2D eigenvalue weighted by atomic mass is 31.2. The van der Waals surface area contributed by atoms with Gasteiger partial charge in [-0.1, -0.05) is 388 Å². The van der Waals surface area contributed by atoms with Gasteiger partial charge < -0.3 is 33.8 Å². The monoisotopic (exact) mass is 1480 g/mol. The number of hydrogen-bond acceptors (Lipinski definition) is 15. The molecule has 0 aliphatic heterocycles. The van der Waals surface area contributed by atoms with E-state index in [1.165, 1.54) is 263 Å². The first-order valence-corrected chi connectivity index (χ1v) is 45.6. The van der Waals surface area contributed by atoms with E-state index in [4.69, 9.17) is 37.0 Å². The minimum absolute atomic E-state index is 0.108. The van der Waals surface area contributed by atoms with Gasteiger partial charge in [-0.2, -0.15) is 0 Å². The Morgan fingerprint density at radius 2 is 0.455 bits per heavy atom. The summed E-state index contributed by atoms with van der Waals surface area (Å²) in [6.07, 6.45) is 66.6. The number of ether oxygens (including phenoxy) is 4. The molecule has 0 aliphatic rings. The lowest BCUT2D eigenvalue weighted by Crippen LogP contribution is -2.30. The molecule has 2 unspecified atom stereocenters. The number of carbonyl (C=O) groups is 4. The highest BCUT2D eigenvalue weighted by Crippen LogP contribution is 2.45. The Morgan fingerprint density at radius 1 is 0.267 bits per heavy atom. The van der Waals surface area contributed by atoms with Crippen molar-refractivity contribution in [3.8, 4) is 0 Å². The molecule has 0 saturated heterocycles. The fourth-order valence-corrected chi connectivity index (χ4v) is 14.3. The van der Waals surface area contributed by atoms with Crippen molar-refractivity contribution in [1.29, 1.82) is 0 Å². The Kier molecular flexibility index (Phi) is 73.5. The molecule has 101 heavy (non-hydrogen) atoms. The molecule has 0 bridgehead atoms. The SMILES string of the molecule is CCCCCCCCCCCCCCCCCCCCC(=O)O[C@H](COC(=O)CCCCCCCCCCCCCCCCCC)COP(=O)(O)OC[C@@H](O)COP(=O)(O)OC[C@@H](COC(=O)CCCCCCCCCCC(C)C)OC(=O)CCCCCCCCCCCCCCCCCC. The van der Waals surface area contributed by atoms with Gasteiger partial charge in [0.1, 0.15) is 19.3 Å². The summed E-state index contributed by atoms with van der Waals surface area (Å²) < 4.78 is 68.8. The standard InChI is InChI=1S/C82H160O17P2/c1-6-9-12-15-18-21-24-27-30-33-34-37-40-43-46-53-58-63-68-81(86)98-77(71-92-79(84)65-60-55-50-44-41-38-35-31-28-25-22-19-16-13-10-7-2)73-96-100(88,89)94-69-76(83)70-95-101(90,91)97-74-78(72-93-80(85)66-61-56-51-48-47-49-54-59-64-75(4)5)99-82(87)67-62-57-52-45-42-39-36-32-29-26-23-20-17-14-11-8-3/h75-78,83H,6-74H2,1-5H3,(H,88,89)(H,90,91)/t76-,77-,78-/m1/s1. The summed E-state index contributed by atoms with van der Waals surface area (Å²) in [6, 6.07) is 0. The maximum Gasteiger partial charge on any atom is 0.472 e. The van der Waals surface area contributed by atoms with Crippen LogP contribution in [0.15, 0.2) is 0 Å². The lowest BCUT2D eigenvalue weighted by atomic mass is 10.0. The van der Waals surface area contributed by atoms with Crippen LogP contribution in [0.4, 0.5) is 0 Å². The van der Waals surface area contributed by atoms with Gasteiger partial charge in [-0.3, -0.25) is 37.3 Å². The van der Waals surface area contributed by atoms with Crippen LogP contribution in [0, 0.1) is 5.92 Å². The normalized spacial score (nSPS) is 13.8. The maximum absolute atomic E-state index is 13.1. The van der Waals surface area contributed by atoms with E-state index in [2.05, 4.69) is 34.6 Å². The molecule has 0 aromatic heterocycles. The molecule has 5 atom stereocenters. The van der Waals surface area contributed by atoms with Crippen molar-refractivity contribution in [3.05, 3.63) is 0 Å². The van der Waals surface area contributed by atoms with Crippen LogP contribution < -0.4 is 0 Å². The number of phosphoric ester groups is 2. The molecule has 0 aliphatic carbocycles. The molecular weight excluding hydrogens is 1320 g/mol. The molecule has 0 aromatic carbocycles. The van der Waals surface area contributed by atoms with E-state index in [0.717, 1.165) is 95.8 Å². The average molecular weight is 1480 g/mol. The molecule has 0 rings (SSSR count). The molecule has 0 spiro atoms. The van der Waals surface area contributed by atoms with Gasteiger partial charge in [0.05, 0.1) is 26.4 Å². The lowest BCUT2D eigenvalue weighted by Gasteiger charge is -2.21. The average Bonchev–Trinajstić information content (AvgIpc) is 1.19. The third-order valence-corrected chi connectivity index (χ3v) is 21.2. The molecule has 17 nitrogen and oxygen atoms in total. The lowest BCUT2D eigenvalue weighted by molar-refractivity contribution is -0.161. The topological polar surface area (TPSA) is 237 Å². The van der Waals surface area contributed by atoms with Crippen LogP contribution >= 0.6 is 15.6 Å². The van der Waals surface area contributed by atoms with Crippen molar-refractivity contribution in [2.24, 2.45) is 5.92 Å². The fourth-order valence-electron chi connectivity index (χ4n) is 12.8. The first kappa shape index (κ1) is 99.1. The Bertz CT molecular complexity index is 1930. The first-order valence-electron chi connectivity index (χ1n) is 42.6. The first-order chi connectivity index (χ1) is 49.0. The van der Waals surface area contributed by atoms with Gasteiger partial charge in [-0.05, 0) is 31.6 Å². The molecule has 3 N–H and O–H groups in total. The largest absolute Gasteiger partial charge is 0.472 e. The van der Waals surface area contributed by atoms with Crippen molar-refractivity contribution in [1.82, 2.24) is 0 Å². The van der Waals surface area contributed by atoms with E-state index < -0.39 is 97.5 Å². The Morgan fingerprint density at radius 3 is 0.673 bits per heavy atom. The van der Waals surface area contributed by atoms with E-state index in [1.54, 1.807) is 0 Å². The minimum Gasteiger partial charge on any atom is -0.462 e. The van der Waals surface area contributed by atoms with Crippen LogP contribution in [-0.4, -0.2) is 96.7 Å². The Hall–Kier alpha value is -1.94. The molecule has 0 saturated carbocycles. The molecule has 0 amide bonds. The number of phosphoric acid groups is 2. The predicted octanol–water partition coefficient (Wildman–Crippen LogP) is 24.8. The zero-order valence-corrected chi connectivity index (χ0v) is 67.8.